The van der Waals surface area contributed by atoms with E-state index in [4.69, 9.17) is 11.2 Å². The maximum atomic E-state index is 12.5. The van der Waals surface area contributed by atoms with Gasteiger partial charge < -0.3 is 9.64 Å². The van der Waals surface area contributed by atoms with Gasteiger partial charge in [-0.2, -0.15) is 0 Å². The first-order chi connectivity index (χ1) is 10.9. The maximum absolute atomic E-state index is 12.5. The number of hydrogen-bond donors (Lipinski definition) is 0. The Balaban J connectivity index is 1.97. The van der Waals surface area contributed by atoms with Crippen LogP contribution >= 0.6 is 0 Å². The molecule has 23 heavy (non-hydrogen) atoms. The van der Waals surface area contributed by atoms with Gasteiger partial charge in [0.2, 0.25) is 0 Å². The molecule has 1 aromatic carbocycles. The van der Waals surface area contributed by atoms with E-state index in [2.05, 4.69) is 5.92 Å². The molecule has 2 rings (SSSR count). The third-order valence-corrected chi connectivity index (χ3v) is 5.06. The minimum atomic E-state index is -3.31. The van der Waals surface area contributed by atoms with Gasteiger partial charge in [0.15, 0.2) is 9.84 Å². The van der Waals surface area contributed by atoms with Crippen molar-refractivity contribution >= 4 is 15.7 Å². The summed E-state index contributed by atoms with van der Waals surface area (Å²) in [5.41, 5.74) is 0.412. The summed E-state index contributed by atoms with van der Waals surface area (Å²) in [6.07, 6.45) is 8.01. The van der Waals surface area contributed by atoms with Gasteiger partial charge in [0.25, 0.3) is 5.91 Å². The summed E-state index contributed by atoms with van der Waals surface area (Å²) in [7, 11) is -3.31. The molecular weight excluding hydrogens is 314 g/mol. The Morgan fingerprint density at radius 3 is 2.70 bits per heavy atom. The van der Waals surface area contributed by atoms with E-state index in [1.165, 1.54) is 12.1 Å². The highest BCUT2D eigenvalue weighted by Gasteiger charge is 2.24. The van der Waals surface area contributed by atoms with E-state index in [9.17, 15) is 13.2 Å². The Hall–Kier alpha value is -1.84. The number of likely N-dealkylation sites (tertiary alicyclic amines) is 1. The van der Waals surface area contributed by atoms with E-state index >= 15 is 0 Å². The molecule has 0 aromatic heterocycles. The Labute approximate surface area is 137 Å². The molecule has 1 fully saturated rings. The van der Waals surface area contributed by atoms with Crippen molar-refractivity contribution in [3.05, 3.63) is 29.8 Å². The molecule has 1 amide bonds. The van der Waals surface area contributed by atoms with Gasteiger partial charge in [0, 0.05) is 24.9 Å². The van der Waals surface area contributed by atoms with Crippen LogP contribution in [-0.2, 0) is 14.6 Å². The standard InChI is InChI=1S/C17H21NO4S/c1-3-11-22-13-14-7-9-18(10-8-14)17(19)15-5-4-6-16(12-15)23(2,20)21/h1,4-6,12,14H,7-11,13H2,2H3. The summed E-state index contributed by atoms with van der Waals surface area (Å²) >= 11 is 0. The predicted molar refractivity (Wildman–Crippen MR) is 87.8 cm³/mol. The van der Waals surface area contributed by atoms with E-state index in [0.717, 1.165) is 19.1 Å². The topological polar surface area (TPSA) is 63.7 Å². The van der Waals surface area contributed by atoms with Crippen LogP contribution in [0.3, 0.4) is 0 Å². The number of benzene rings is 1. The Kier molecular flexibility index (Phi) is 5.80. The average molecular weight is 335 g/mol. The summed E-state index contributed by atoms with van der Waals surface area (Å²) in [5, 5.41) is 0. The molecule has 6 heteroatoms. The van der Waals surface area contributed by atoms with Gasteiger partial charge in [0.1, 0.15) is 6.61 Å². The molecule has 0 N–H and O–H groups in total. The minimum Gasteiger partial charge on any atom is -0.369 e. The molecule has 1 saturated heterocycles. The zero-order valence-electron chi connectivity index (χ0n) is 13.2. The fourth-order valence-corrected chi connectivity index (χ4v) is 3.30. The third kappa shape index (κ3) is 4.81. The van der Waals surface area contributed by atoms with Gasteiger partial charge in [-0.15, -0.1) is 6.42 Å². The second-order valence-corrected chi connectivity index (χ2v) is 7.77. The van der Waals surface area contributed by atoms with Crippen molar-refractivity contribution in [2.75, 3.05) is 32.6 Å². The number of rotatable bonds is 5. The van der Waals surface area contributed by atoms with Crippen LogP contribution < -0.4 is 0 Å². The number of carbonyl (C=O) groups excluding carboxylic acids is 1. The number of hydrogen-bond acceptors (Lipinski definition) is 4. The fraction of sp³-hybridized carbons (Fsp3) is 0.471. The normalized spacial score (nSPS) is 16.1. The van der Waals surface area contributed by atoms with Crippen molar-refractivity contribution in [1.29, 1.82) is 0 Å². The van der Waals surface area contributed by atoms with Gasteiger partial charge in [-0.05, 0) is 37.0 Å². The fourth-order valence-electron chi connectivity index (χ4n) is 2.63. The molecule has 1 aliphatic heterocycles. The van der Waals surface area contributed by atoms with Crippen molar-refractivity contribution in [3.8, 4) is 12.3 Å². The van der Waals surface area contributed by atoms with Crippen molar-refractivity contribution in [1.82, 2.24) is 4.90 Å². The van der Waals surface area contributed by atoms with Crippen LogP contribution in [0.2, 0.25) is 0 Å². The average Bonchev–Trinajstić information content (AvgIpc) is 2.54. The zero-order valence-corrected chi connectivity index (χ0v) is 14.0. The SMILES string of the molecule is C#CCOCC1CCN(C(=O)c2cccc(S(C)(=O)=O)c2)CC1. The molecular formula is C17H21NO4S. The molecule has 0 radical (unpaired) electrons. The highest BCUT2D eigenvalue weighted by atomic mass is 32.2. The molecule has 0 aliphatic carbocycles. The number of ether oxygens (including phenoxy) is 1. The van der Waals surface area contributed by atoms with Gasteiger partial charge in [-0.25, -0.2) is 8.42 Å². The first-order valence-electron chi connectivity index (χ1n) is 7.52. The lowest BCUT2D eigenvalue weighted by Gasteiger charge is -2.31. The molecule has 5 nitrogen and oxygen atoms in total. The van der Waals surface area contributed by atoms with Gasteiger partial charge in [-0.3, -0.25) is 4.79 Å². The van der Waals surface area contributed by atoms with Crippen molar-refractivity contribution in [2.45, 2.75) is 17.7 Å². The number of carbonyl (C=O) groups is 1. The molecule has 124 valence electrons. The van der Waals surface area contributed by atoms with Gasteiger partial charge in [0.05, 0.1) is 11.5 Å². The van der Waals surface area contributed by atoms with Crippen LogP contribution in [0.1, 0.15) is 23.2 Å². The predicted octanol–water partition coefficient (Wildman–Crippen LogP) is 1.59. The maximum Gasteiger partial charge on any atom is 0.253 e. The smallest absolute Gasteiger partial charge is 0.253 e. The second-order valence-electron chi connectivity index (χ2n) is 5.75. The van der Waals surface area contributed by atoms with E-state index in [1.807, 2.05) is 0 Å². The zero-order chi connectivity index (χ0) is 16.9. The van der Waals surface area contributed by atoms with E-state index in [-0.39, 0.29) is 10.8 Å². The minimum absolute atomic E-state index is 0.126. The molecule has 0 atom stereocenters. The van der Waals surface area contributed by atoms with E-state index < -0.39 is 9.84 Å². The lowest BCUT2D eigenvalue weighted by atomic mass is 9.97. The lowest BCUT2D eigenvalue weighted by Crippen LogP contribution is -2.39. The van der Waals surface area contributed by atoms with Crippen molar-refractivity contribution in [2.24, 2.45) is 5.92 Å². The largest absolute Gasteiger partial charge is 0.369 e. The molecule has 0 spiro atoms. The van der Waals surface area contributed by atoms with E-state index in [0.29, 0.717) is 37.8 Å². The second kappa shape index (κ2) is 7.62. The Morgan fingerprint density at radius 2 is 2.09 bits per heavy atom. The Bertz CT molecular complexity index is 698. The number of piperidine rings is 1. The molecule has 1 aliphatic rings. The van der Waals surface area contributed by atoms with E-state index in [1.54, 1.807) is 17.0 Å². The lowest BCUT2D eigenvalue weighted by molar-refractivity contribution is 0.0581. The van der Waals surface area contributed by atoms with Gasteiger partial charge in [-0.1, -0.05) is 12.0 Å². The summed E-state index contributed by atoms with van der Waals surface area (Å²) in [4.78, 5) is 14.4. The highest BCUT2D eigenvalue weighted by molar-refractivity contribution is 7.90. The van der Waals surface area contributed by atoms with Gasteiger partial charge >= 0.3 is 0 Å². The Morgan fingerprint density at radius 1 is 1.39 bits per heavy atom. The molecule has 0 unspecified atom stereocenters. The van der Waals surface area contributed by atoms with Crippen LogP contribution in [-0.4, -0.2) is 51.8 Å². The van der Waals surface area contributed by atoms with Crippen molar-refractivity contribution in [3.63, 3.8) is 0 Å². The van der Waals surface area contributed by atoms with Crippen molar-refractivity contribution < 1.29 is 17.9 Å². The number of sulfone groups is 1. The van der Waals surface area contributed by atoms with Crippen LogP contribution in [0.25, 0.3) is 0 Å². The van der Waals surface area contributed by atoms with Crippen LogP contribution in [0, 0.1) is 18.3 Å². The first kappa shape index (κ1) is 17.5. The number of amides is 1. The number of terminal acetylenes is 1. The first-order valence-corrected chi connectivity index (χ1v) is 9.41. The van der Waals surface area contributed by atoms with Crippen LogP contribution in [0.5, 0.6) is 0 Å². The molecule has 1 heterocycles. The highest BCUT2D eigenvalue weighted by Crippen LogP contribution is 2.20. The summed E-state index contributed by atoms with van der Waals surface area (Å²) < 4.78 is 28.5. The quantitative estimate of drug-likeness (QED) is 0.605. The summed E-state index contributed by atoms with van der Waals surface area (Å²) in [6, 6.07) is 6.20. The number of nitrogens with zero attached hydrogens (tertiary/aromatic N) is 1. The summed E-state index contributed by atoms with van der Waals surface area (Å²) in [5.74, 6) is 2.72. The molecule has 1 aromatic rings. The third-order valence-electron chi connectivity index (χ3n) is 3.95. The molecule has 0 saturated carbocycles. The summed E-state index contributed by atoms with van der Waals surface area (Å²) in [6.45, 7) is 2.23. The monoisotopic (exact) mass is 335 g/mol. The van der Waals surface area contributed by atoms with Crippen LogP contribution in [0.15, 0.2) is 29.2 Å². The molecule has 0 bridgehead atoms. The van der Waals surface area contributed by atoms with Crippen LogP contribution in [0.4, 0.5) is 0 Å².